The predicted octanol–water partition coefficient (Wildman–Crippen LogP) is 4.21. The van der Waals surface area contributed by atoms with Crippen LogP contribution in [0.5, 0.6) is 0 Å². The van der Waals surface area contributed by atoms with Gasteiger partial charge in [0.2, 0.25) is 0 Å². The highest BCUT2D eigenvalue weighted by Gasteiger charge is 2.13. The summed E-state index contributed by atoms with van der Waals surface area (Å²) in [6.07, 6.45) is 1.41. The summed E-state index contributed by atoms with van der Waals surface area (Å²) in [5.41, 5.74) is 3.90. The second kappa shape index (κ2) is 8.09. The average Bonchev–Trinajstić information content (AvgIpc) is 3.08. The summed E-state index contributed by atoms with van der Waals surface area (Å²) in [5.74, 6) is 0.348. The molecule has 160 valence electrons. The number of aryl methyl sites for hydroxylation is 2. The fraction of sp³-hybridized carbons (Fsp3) is 0.182. The van der Waals surface area contributed by atoms with Gasteiger partial charge in [0.25, 0.3) is 10.1 Å². The number of nitrogens with one attached hydrogen (secondary N) is 1. The number of benzene rings is 2. The van der Waals surface area contributed by atoms with Crippen LogP contribution in [0.2, 0.25) is 0 Å². The van der Waals surface area contributed by atoms with Crippen LogP contribution in [0.1, 0.15) is 11.3 Å². The van der Waals surface area contributed by atoms with Gasteiger partial charge in [-0.25, -0.2) is 14.4 Å². The van der Waals surface area contributed by atoms with Gasteiger partial charge in [-0.05, 0) is 43.7 Å². The summed E-state index contributed by atoms with van der Waals surface area (Å²) in [7, 11) is -4.24. The molecular formula is C22H21FN4O3S. The fourth-order valence-electron chi connectivity index (χ4n) is 3.60. The van der Waals surface area contributed by atoms with E-state index >= 15 is 0 Å². The van der Waals surface area contributed by atoms with E-state index in [-0.39, 0.29) is 10.7 Å². The van der Waals surface area contributed by atoms with Crippen molar-refractivity contribution in [2.75, 3.05) is 11.9 Å². The second-order valence-corrected chi connectivity index (χ2v) is 8.70. The molecule has 0 aliphatic carbocycles. The van der Waals surface area contributed by atoms with E-state index in [0.717, 1.165) is 16.6 Å². The molecule has 0 unspecified atom stereocenters. The number of aromatic nitrogens is 3. The van der Waals surface area contributed by atoms with Crippen molar-refractivity contribution in [3.05, 3.63) is 71.9 Å². The molecule has 0 spiro atoms. The number of nitrogens with zero attached hydrogens (tertiary/aromatic N) is 3. The van der Waals surface area contributed by atoms with E-state index < -0.39 is 10.1 Å². The Bertz CT molecular complexity index is 1370. The lowest BCUT2D eigenvalue weighted by Gasteiger charge is -2.11. The summed E-state index contributed by atoms with van der Waals surface area (Å²) in [6, 6.07) is 12.8. The molecule has 0 aliphatic rings. The summed E-state index contributed by atoms with van der Waals surface area (Å²) in [5, 5.41) is 4.14. The Morgan fingerprint density at radius 2 is 1.81 bits per heavy atom. The molecule has 2 N–H and O–H groups in total. The predicted molar refractivity (Wildman–Crippen MR) is 117 cm³/mol. The molecule has 0 fully saturated rings. The highest BCUT2D eigenvalue weighted by Crippen LogP contribution is 2.26. The van der Waals surface area contributed by atoms with E-state index in [0.29, 0.717) is 35.7 Å². The SMILES string of the molecule is Cc1ccc(F)c2c1cc(C)n2CCNc1cc(-c2ccc(S(=O)(=O)O)cc2)ncn1. The maximum atomic E-state index is 14.4. The van der Waals surface area contributed by atoms with Gasteiger partial charge in [0.1, 0.15) is 18.0 Å². The van der Waals surface area contributed by atoms with Crippen LogP contribution >= 0.6 is 0 Å². The van der Waals surface area contributed by atoms with Crippen molar-refractivity contribution >= 4 is 26.8 Å². The molecule has 0 amide bonds. The maximum absolute atomic E-state index is 14.4. The highest BCUT2D eigenvalue weighted by atomic mass is 32.2. The van der Waals surface area contributed by atoms with Gasteiger partial charge < -0.3 is 9.88 Å². The third-order valence-corrected chi connectivity index (χ3v) is 6.06. The number of hydrogen-bond acceptors (Lipinski definition) is 5. The number of hydrogen-bond donors (Lipinski definition) is 2. The van der Waals surface area contributed by atoms with Crippen molar-refractivity contribution in [3.8, 4) is 11.3 Å². The Labute approximate surface area is 179 Å². The minimum absolute atomic E-state index is 0.180. The Balaban J connectivity index is 1.50. The zero-order valence-corrected chi connectivity index (χ0v) is 17.8. The molecule has 0 atom stereocenters. The van der Waals surface area contributed by atoms with Gasteiger partial charge in [0.05, 0.1) is 16.1 Å². The number of rotatable bonds is 6. The maximum Gasteiger partial charge on any atom is 0.294 e. The summed E-state index contributed by atoms with van der Waals surface area (Å²) in [4.78, 5) is 8.25. The smallest absolute Gasteiger partial charge is 0.294 e. The molecular weight excluding hydrogens is 419 g/mol. The van der Waals surface area contributed by atoms with E-state index in [9.17, 15) is 12.8 Å². The Morgan fingerprint density at radius 1 is 1.06 bits per heavy atom. The van der Waals surface area contributed by atoms with Gasteiger partial charge in [-0.3, -0.25) is 4.55 Å². The van der Waals surface area contributed by atoms with Crippen molar-refractivity contribution in [3.63, 3.8) is 0 Å². The molecule has 2 aromatic carbocycles. The van der Waals surface area contributed by atoms with Gasteiger partial charge >= 0.3 is 0 Å². The minimum Gasteiger partial charge on any atom is -0.368 e. The lowest BCUT2D eigenvalue weighted by Crippen LogP contribution is -2.13. The highest BCUT2D eigenvalue weighted by molar-refractivity contribution is 7.85. The quantitative estimate of drug-likeness (QED) is 0.436. The molecule has 0 saturated carbocycles. The van der Waals surface area contributed by atoms with Gasteiger partial charge in [-0.2, -0.15) is 8.42 Å². The van der Waals surface area contributed by atoms with Crippen LogP contribution in [0, 0.1) is 19.7 Å². The van der Waals surface area contributed by atoms with Crippen molar-refractivity contribution < 1.29 is 17.4 Å². The molecule has 2 aromatic heterocycles. The van der Waals surface area contributed by atoms with Crippen molar-refractivity contribution in [2.45, 2.75) is 25.3 Å². The lowest BCUT2D eigenvalue weighted by atomic mass is 10.1. The summed E-state index contributed by atoms with van der Waals surface area (Å²) < 4.78 is 47.8. The first-order valence-electron chi connectivity index (χ1n) is 9.63. The first-order chi connectivity index (χ1) is 14.7. The number of anilines is 1. The van der Waals surface area contributed by atoms with Crippen molar-refractivity contribution in [1.29, 1.82) is 0 Å². The zero-order chi connectivity index (χ0) is 22.2. The van der Waals surface area contributed by atoms with E-state index in [1.165, 1.54) is 24.5 Å². The molecule has 0 radical (unpaired) electrons. The van der Waals surface area contributed by atoms with Crippen LogP contribution in [-0.2, 0) is 16.7 Å². The Kier molecular flexibility index (Phi) is 5.47. The molecule has 4 aromatic rings. The van der Waals surface area contributed by atoms with Crippen LogP contribution in [0.15, 0.2) is 59.8 Å². The summed E-state index contributed by atoms with van der Waals surface area (Å²) >= 11 is 0. The van der Waals surface area contributed by atoms with E-state index in [1.54, 1.807) is 24.3 Å². The van der Waals surface area contributed by atoms with E-state index in [1.807, 2.05) is 24.5 Å². The number of fused-ring (bicyclic) bond motifs is 1. The third-order valence-electron chi connectivity index (χ3n) is 5.19. The standard InChI is InChI=1S/C22H21FN4O3S/c1-14-3-8-19(23)22-18(14)11-15(2)27(22)10-9-24-21-12-20(25-13-26-21)16-4-6-17(7-5-16)31(28,29)30/h3-8,11-13H,9-10H2,1-2H3,(H,24,25,26)(H,28,29,30). The van der Waals surface area contributed by atoms with Gasteiger partial charge in [-0.15, -0.1) is 0 Å². The van der Waals surface area contributed by atoms with Crippen molar-refractivity contribution in [1.82, 2.24) is 14.5 Å². The lowest BCUT2D eigenvalue weighted by molar-refractivity contribution is 0.483. The Hall–Kier alpha value is -3.30. The minimum atomic E-state index is -4.24. The van der Waals surface area contributed by atoms with Crippen LogP contribution in [0.25, 0.3) is 22.2 Å². The average molecular weight is 441 g/mol. The fourth-order valence-corrected chi connectivity index (χ4v) is 4.08. The second-order valence-electron chi connectivity index (χ2n) is 7.28. The third kappa shape index (κ3) is 4.28. The molecule has 31 heavy (non-hydrogen) atoms. The van der Waals surface area contributed by atoms with Crippen LogP contribution in [-0.4, -0.2) is 34.1 Å². The van der Waals surface area contributed by atoms with E-state index in [4.69, 9.17) is 4.55 Å². The molecule has 4 rings (SSSR count). The van der Waals surface area contributed by atoms with Crippen LogP contribution < -0.4 is 5.32 Å². The molecule has 7 nitrogen and oxygen atoms in total. The van der Waals surface area contributed by atoms with Gasteiger partial charge in [-0.1, -0.05) is 18.2 Å². The largest absolute Gasteiger partial charge is 0.368 e. The zero-order valence-electron chi connectivity index (χ0n) is 17.0. The summed E-state index contributed by atoms with van der Waals surface area (Å²) in [6.45, 7) is 5.00. The van der Waals surface area contributed by atoms with Crippen molar-refractivity contribution in [2.24, 2.45) is 0 Å². The van der Waals surface area contributed by atoms with Crippen LogP contribution in [0.4, 0.5) is 10.2 Å². The Morgan fingerprint density at radius 3 is 2.52 bits per heavy atom. The molecule has 9 heteroatoms. The molecule has 2 heterocycles. The first-order valence-corrected chi connectivity index (χ1v) is 11.1. The van der Waals surface area contributed by atoms with Crippen LogP contribution in [0.3, 0.4) is 0 Å². The first kappa shape index (κ1) is 21.0. The normalized spacial score (nSPS) is 11.7. The number of halogens is 1. The van der Waals surface area contributed by atoms with E-state index in [2.05, 4.69) is 15.3 Å². The monoisotopic (exact) mass is 440 g/mol. The van der Waals surface area contributed by atoms with Gasteiger partial charge in [0.15, 0.2) is 0 Å². The molecule has 0 saturated heterocycles. The molecule has 0 aliphatic heterocycles. The topological polar surface area (TPSA) is 97.1 Å². The van der Waals surface area contributed by atoms with Gasteiger partial charge in [0, 0.05) is 35.8 Å². The molecule has 0 bridgehead atoms.